The number of pyridine rings is 1. The van der Waals surface area contributed by atoms with E-state index in [0.29, 0.717) is 30.0 Å². The zero-order chi connectivity index (χ0) is 17.8. The summed E-state index contributed by atoms with van der Waals surface area (Å²) in [6, 6.07) is 9.34. The highest BCUT2D eigenvalue weighted by atomic mass is 127. The number of hydrogen-bond donors (Lipinski definition) is 1. The van der Waals surface area contributed by atoms with Crippen molar-refractivity contribution in [2.75, 3.05) is 20.8 Å². The number of halogens is 1. The molecule has 0 aliphatic carbocycles. The zero-order valence-corrected chi connectivity index (χ0v) is 16.1. The van der Waals surface area contributed by atoms with Gasteiger partial charge in [-0.15, -0.1) is 0 Å². The summed E-state index contributed by atoms with van der Waals surface area (Å²) in [7, 11) is 3.12. The number of nitrogens with zero attached hydrogens (tertiary/aromatic N) is 2. The van der Waals surface area contributed by atoms with Crippen LogP contribution in [0.25, 0.3) is 5.65 Å². The standard InChI is InChI=1S/C18H18IN3O3/c1-24-15-9-13(14(19)10-16(15)25-2)18(23)20-7-6-12-11-22-8-4-3-5-17(22)21-12/h3-5,8-11H,6-7H2,1-2H3,(H,20,23). The van der Waals surface area contributed by atoms with Gasteiger partial charge in [-0.05, 0) is 46.9 Å². The van der Waals surface area contributed by atoms with Crippen LogP contribution in [0.2, 0.25) is 0 Å². The quantitative estimate of drug-likeness (QED) is 0.586. The number of nitrogens with one attached hydrogen (secondary N) is 1. The fourth-order valence-corrected chi connectivity index (χ4v) is 3.22. The van der Waals surface area contributed by atoms with Crippen LogP contribution in [0, 0.1) is 3.57 Å². The Labute approximate surface area is 159 Å². The average molecular weight is 451 g/mol. The number of rotatable bonds is 6. The fourth-order valence-electron chi connectivity index (χ4n) is 2.54. The molecule has 0 aliphatic rings. The van der Waals surface area contributed by atoms with Crippen molar-refractivity contribution in [3.05, 3.63) is 57.6 Å². The van der Waals surface area contributed by atoms with Crippen molar-refractivity contribution < 1.29 is 14.3 Å². The maximum atomic E-state index is 12.5. The third-order valence-corrected chi connectivity index (χ3v) is 4.69. The summed E-state index contributed by atoms with van der Waals surface area (Å²) in [6.45, 7) is 0.507. The highest BCUT2D eigenvalue weighted by Crippen LogP contribution is 2.31. The Morgan fingerprint density at radius 3 is 2.72 bits per heavy atom. The fraction of sp³-hybridized carbons (Fsp3) is 0.222. The van der Waals surface area contributed by atoms with E-state index in [1.807, 2.05) is 35.0 Å². The van der Waals surface area contributed by atoms with Crippen LogP contribution in [0.15, 0.2) is 42.7 Å². The first-order valence-electron chi connectivity index (χ1n) is 7.74. The molecule has 0 spiro atoms. The van der Waals surface area contributed by atoms with E-state index in [4.69, 9.17) is 9.47 Å². The van der Waals surface area contributed by atoms with Crippen molar-refractivity contribution in [1.82, 2.24) is 14.7 Å². The molecule has 0 saturated carbocycles. The number of amides is 1. The minimum atomic E-state index is -0.144. The Hall–Kier alpha value is -2.29. The number of carbonyl (C=O) groups is 1. The molecule has 3 aromatic rings. The van der Waals surface area contributed by atoms with Crippen molar-refractivity contribution in [3.8, 4) is 11.5 Å². The van der Waals surface area contributed by atoms with Crippen molar-refractivity contribution in [3.63, 3.8) is 0 Å². The van der Waals surface area contributed by atoms with Gasteiger partial charge in [0.1, 0.15) is 5.65 Å². The topological polar surface area (TPSA) is 64.9 Å². The number of benzene rings is 1. The van der Waals surface area contributed by atoms with Crippen LogP contribution in [0.1, 0.15) is 16.1 Å². The van der Waals surface area contributed by atoms with Crippen molar-refractivity contribution >= 4 is 34.1 Å². The second kappa shape index (κ2) is 7.73. The van der Waals surface area contributed by atoms with Gasteiger partial charge in [0, 0.05) is 28.9 Å². The molecule has 130 valence electrons. The third-order valence-electron chi connectivity index (χ3n) is 3.80. The van der Waals surface area contributed by atoms with Crippen LogP contribution in [-0.2, 0) is 6.42 Å². The first-order valence-corrected chi connectivity index (χ1v) is 8.82. The van der Waals surface area contributed by atoms with E-state index in [9.17, 15) is 4.79 Å². The lowest BCUT2D eigenvalue weighted by Crippen LogP contribution is -2.26. The second-order valence-corrected chi connectivity index (χ2v) is 6.55. The third kappa shape index (κ3) is 3.87. The number of imidazole rings is 1. The van der Waals surface area contributed by atoms with E-state index in [0.717, 1.165) is 14.9 Å². The van der Waals surface area contributed by atoms with Gasteiger partial charge in [0.05, 0.1) is 25.5 Å². The number of methoxy groups -OCH3 is 2. The van der Waals surface area contributed by atoms with Crippen molar-refractivity contribution in [2.45, 2.75) is 6.42 Å². The highest BCUT2D eigenvalue weighted by Gasteiger charge is 2.15. The number of fused-ring (bicyclic) bond motifs is 1. The van der Waals surface area contributed by atoms with Gasteiger partial charge in [-0.25, -0.2) is 4.98 Å². The summed E-state index contributed by atoms with van der Waals surface area (Å²) in [6.07, 6.45) is 4.59. The lowest BCUT2D eigenvalue weighted by atomic mass is 10.2. The van der Waals surface area contributed by atoms with Gasteiger partial charge < -0.3 is 19.2 Å². The second-order valence-electron chi connectivity index (χ2n) is 5.39. The summed E-state index contributed by atoms with van der Waals surface area (Å²) < 4.78 is 13.3. The Bertz CT molecular complexity index is 875. The minimum Gasteiger partial charge on any atom is -0.493 e. The van der Waals surface area contributed by atoms with Gasteiger partial charge >= 0.3 is 0 Å². The van der Waals surface area contributed by atoms with E-state index in [1.165, 1.54) is 0 Å². The van der Waals surface area contributed by atoms with E-state index >= 15 is 0 Å². The lowest BCUT2D eigenvalue weighted by Gasteiger charge is -2.12. The van der Waals surface area contributed by atoms with Crippen LogP contribution >= 0.6 is 22.6 Å². The molecule has 2 aromatic heterocycles. The first kappa shape index (κ1) is 17.5. The smallest absolute Gasteiger partial charge is 0.252 e. The predicted octanol–water partition coefficient (Wildman–Crippen LogP) is 2.93. The number of ether oxygens (including phenoxy) is 2. The molecule has 0 atom stereocenters. The van der Waals surface area contributed by atoms with Crippen LogP contribution in [0.4, 0.5) is 0 Å². The van der Waals surface area contributed by atoms with E-state index in [1.54, 1.807) is 26.4 Å². The molecule has 7 heteroatoms. The average Bonchev–Trinajstić information content (AvgIpc) is 3.03. The van der Waals surface area contributed by atoms with Crippen LogP contribution in [0.3, 0.4) is 0 Å². The highest BCUT2D eigenvalue weighted by molar-refractivity contribution is 14.1. The predicted molar refractivity (Wildman–Crippen MR) is 103 cm³/mol. The monoisotopic (exact) mass is 451 g/mol. The number of carbonyl (C=O) groups excluding carboxylic acids is 1. The largest absolute Gasteiger partial charge is 0.493 e. The molecule has 0 fully saturated rings. The Morgan fingerprint density at radius 1 is 1.24 bits per heavy atom. The lowest BCUT2D eigenvalue weighted by molar-refractivity contribution is 0.0952. The number of hydrogen-bond acceptors (Lipinski definition) is 4. The SMILES string of the molecule is COc1cc(I)c(C(=O)NCCc2cn3ccccc3n2)cc1OC. The Balaban J connectivity index is 1.66. The van der Waals surface area contributed by atoms with Gasteiger partial charge in [0.25, 0.3) is 5.91 Å². The molecular formula is C18H18IN3O3. The Morgan fingerprint density at radius 2 is 2.00 bits per heavy atom. The summed E-state index contributed by atoms with van der Waals surface area (Å²) in [5.74, 6) is 0.996. The summed E-state index contributed by atoms with van der Waals surface area (Å²) in [5.41, 5.74) is 2.40. The van der Waals surface area contributed by atoms with E-state index in [-0.39, 0.29) is 5.91 Å². The molecule has 6 nitrogen and oxygen atoms in total. The van der Waals surface area contributed by atoms with Gasteiger partial charge in [-0.1, -0.05) is 6.07 Å². The molecule has 0 bridgehead atoms. The number of aromatic nitrogens is 2. The molecule has 25 heavy (non-hydrogen) atoms. The Kier molecular flexibility index (Phi) is 5.42. The summed E-state index contributed by atoms with van der Waals surface area (Å²) in [5, 5.41) is 2.93. The van der Waals surface area contributed by atoms with Crippen molar-refractivity contribution in [1.29, 1.82) is 0 Å². The van der Waals surface area contributed by atoms with Gasteiger partial charge in [0.15, 0.2) is 11.5 Å². The summed E-state index contributed by atoms with van der Waals surface area (Å²) in [4.78, 5) is 17.0. The molecule has 0 saturated heterocycles. The van der Waals surface area contributed by atoms with Gasteiger partial charge in [-0.2, -0.15) is 0 Å². The molecule has 3 rings (SSSR count). The van der Waals surface area contributed by atoms with Gasteiger partial charge in [-0.3, -0.25) is 4.79 Å². The molecule has 0 aliphatic heterocycles. The normalized spacial score (nSPS) is 10.7. The van der Waals surface area contributed by atoms with E-state index in [2.05, 4.69) is 32.9 Å². The van der Waals surface area contributed by atoms with Crippen LogP contribution in [-0.4, -0.2) is 36.1 Å². The molecule has 0 radical (unpaired) electrons. The van der Waals surface area contributed by atoms with Crippen molar-refractivity contribution in [2.24, 2.45) is 0 Å². The summed E-state index contributed by atoms with van der Waals surface area (Å²) >= 11 is 2.12. The van der Waals surface area contributed by atoms with Gasteiger partial charge in [0.2, 0.25) is 0 Å². The molecule has 1 amide bonds. The van der Waals surface area contributed by atoms with Crippen LogP contribution in [0.5, 0.6) is 11.5 Å². The molecule has 2 heterocycles. The van der Waals surface area contributed by atoms with E-state index < -0.39 is 0 Å². The van der Waals surface area contributed by atoms with Crippen LogP contribution < -0.4 is 14.8 Å². The first-order chi connectivity index (χ1) is 12.1. The zero-order valence-electron chi connectivity index (χ0n) is 14.0. The minimum absolute atomic E-state index is 0.144. The molecular weight excluding hydrogens is 433 g/mol. The maximum absolute atomic E-state index is 12.5. The molecule has 1 aromatic carbocycles. The molecule has 0 unspecified atom stereocenters. The maximum Gasteiger partial charge on any atom is 0.252 e. The molecule has 1 N–H and O–H groups in total.